The molecule has 5 heteroatoms. The Hall–Kier alpha value is -1.75. The van der Waals surface area contributed by atoms with Crippen LogP contribution in [0, 0.1) is 0 Å². The molecule has 2 aliphatic heterocycles. The molecule has 2 fully saturated rings. The van der Waals surface area contributed by atoms with Crippen LogP contribution < -0.4 is 9.47 Å². The van der Waals surface area contributed by atoms with Gasteiger partial charge in [-0.25, -0.2) is 0 Å². The van der Waals surface area contributed by atoms with Gasteiger partial charge in [0.25, 0.3) is 5.91 Å². The molecule has 0 bridgehead atoms. The summed E-state index contributed by atoms with van der Waals surface area (Å²) in [6.07, 6.45) is 8.16. The Balaban J connectivity index is 1.36. The summed E-state index contributed by atoms with van der Waals surface area (Å²) in [7, 11) is 0. The van der Waals surface area contributed by atoms with Crippen molar-refractivity contribution in [2.75, 3.05) is 33.0 Å². The van der Waals surface area contributed by atoms with Gasteiger partial charge in [-0.3, -0.25) is 9.69 Å². The quantitative estimate of drug-likeness (QED) is 0.782. The predicted molar refractivity (Wildman–Crippen MR) is 91.5 cm³/mol. The van der Waals surface area contributed by atoms with E-state index in [2.05, 4.69) is 4.90 Å². The van der Waals surface area contributed by atoms with Crippen LogP contribution in [-0.2, 0) is 0 Å². The number of nitrogens with zero attached hydrogens (tertiary/aromatic N) is 2. The van der Waals surface area contributed by atoms with Gasteiger partial charge < -0.3 is 14.4 Å². The number of hydrogen-bond acceptors (Lipinski definition) is 4. The van der Waals surface area contributed by atoms with Crippen molar-refractivity contribution in [2.24, 2.45) is 0 Å². The summed E-state index contributed by atoms with van der Waals surface area (Å²) >= 11 is 0. The van der Waals surface area contributed by atoms with E-state index in [1.165, 1.54) is 38.5 Å². The molecule has 3 aliphatic rings. The van der Waals surface area contributed by atoms with Gasteiger partial charge >= 0.3 is 0 Å². The van der Waals surface area contributed by atoms with Gasteiger partial charge in [-0.15, -0.1) is 0 Å². The number of hydrogen-bond donors (Lipinski definition) is 0. The Morgan fingerprint density at radius 3 is 2.38 bits per heavy atom. The highest BCUT2D eigenvalue weighted by Gasteiger charge is 2.27. The van der Waals surface area contributed by atoms with Crippen LogP contribution in [0.2, 0.25) is 0 Å². The summed E-state index contributed by atoms with van der Waals surface area (Å²) in [5.74, 6) is 1.51. The summed E-state index contributed by atoms with van der Waals surface area (Å²) in [5.41, 5.74) is 0.696. The first-order valence-corrected chi connectivity index (χ1v) is 9.24. The fourth-order valence-corrected chi connectivity index (χ4v) is 4.13. The summed E-state index contributed by atoms with van der Waals surface area (Å²) in [5, 5.41) is 0. The van der Waals surface area contributed by atoms with E-state index in [0.717, 1.165) is 38.0 Å². The summed E-state index contributed by atoms with van der Waals surface area (Å²) in [6.45, 7) is 3.89. The average Bonchev–Trinajstić information content (AvgIpc) is 2.93. The molecule has 5 nitrogen and oxygen atoms in total. The first-order valence-electron chi connectivity index (χ1n) is 9.24. The lowest BCUT2D eigenvalue weighted by Crippen LogP contribution is -2.51. The third-order valence-electron chi connectivity index (χ3n) is 5.56. The van der Waals surface area contributed by atoms with E-state index in [9.17, 15) is 4.79 Å². The Morgan fingerprint density at radius 1 is 0.917 bits per heavy atom. The van der Waals surface area contributed by atoms with Crippen LogP contribution >= 0.6 is 0 Å². The first kappa shape index (κ1) is 15.8. The van der Waals surface area contributed by atoms with Crippen LogP contribution in [0.3, 0.4) is 0 Å². The number of amides is 1. The van der Waals surface area contributed by atoms with Crippen LogP contribution in [0.4, 0.5) is 0 Å². The van der Waals surface area contributed by atoms with Crippen molar-refractivity contribution < 1.29 is 14.3 Å². The maximum Gasteiger partial charge on any atom is 0.254 e. The summed E-state index contributed by atoms with van der Waals surface area (Å²) in [4.78, 5) is 17.3. The van der Waals surface area contributed by atoms with Gasteiger partial charge in [0, 0.05) is 37.8 Å². The molecule has 0 radical (unpaired) electrons. The van der Waals surface area contributed by atoms with E-state index in [1.807, 2.05) is 23.1 Å². The van der Waals surface area contributed by atoms with Crippen molar-refractivity contribution in [2.45, 2.75) is 44.6 Å². The highest BCUT2D eigenvalue weighted by Crippen LogP contribution is 2.33. The van der Waals surface area contributed by atoms with E-state index < -0.39 is 0 Å². The third kappa shape index (κ3) is 3.22. The number of benzene rings is 1. The van der Waals surface area contributed by atoms with Crippen molar-refractivity contribution in [3.63, 3.8) is 0 Å². The molecule has 130 valence electrons. The zero-order chi connectivity index (χ0) is 16.4. The van der Waals surface area contributed by atoms with Gasteiger partial charge in [0.05, 0.1) is 0 Å². The van der Waals surface area contributed by atoms with Crippen molar-refractivity contribution in [1.29, 1.82) is 0 Å². The summed E-state index contributed by atoms with van der Waals surface area (Å²) < 4.78 is 10.7. The SMILES string of the molecule is O=C(c1ccc2c(c1)OCO2)N1CCN(C2CCCCCC2)CC1. The van der Waals surface area contributed by atoms with Crippen LogP contribution in [0.15, 0.2) is 18.2 Å². The Bertz CT molecular complexity index is 588. The van der Waals surface area contributed by atoms with Crippen LogP contribution in [0.1, 0.15) is 48.9 Å². The van der Waals surface area contributed by atoms with E-state index >= 15 is 0 Å². The second-order valence-electron chi connectivity index (χ2n) is 7.04. The predicted octanol–water partition coefficient (Wildman–Crippen LogP) is 2.90. The molecule has 0 spiro atoms. The molecule has 0 N–H and O–H groups in total. The highest BCUT2D eigenvalue weighted by molar-refractivity contribution is 5.95. The molecule has 1 amide bonds. The van der Waals surface area contributed by atoms with Gasteiger partial charge in [0.1, 0.15) is 0 Å². The van der Waals surface area contributed by atoms with E-state index in [0.29, 0.717) is 11.3 Å². The molecule has 4 rings (SSSR count). The highest BCUT2D eigenvalue weighted by atomic mass is 16.7. The van der Waals surface area contributed by atoms with Crippen molar-refractivity contribution in [3.05, 3.63) is 23.8 Å². The van der Waals surface area contributed by atoms with E-state index in [1.54, 1.807) is 0 Å². The van der Waals surface area contributed by atoms with Gasteiger partial charge in [0.2, 0.25) is 6.79 Å². The van der Waals surface area contributed by atoms with Crippen LogP contribution in [0.5, 0.6) is 11.5 Å². The first-order chi connectivity index (χ1) is 11.8. The molecule has 0 atom stereocenters. The van der Waals surface area contributed by atoms with Crippen molar-refractivity contribution >= 4 is 5.91 Å². The fourth-order valence-electron chi connectivity index (χ4n) is 4.13. The number of rotatable bonds is 2. The fraction of sp³-hybridized carbons (Fsp3) is 0.632. The smallest absolute Gasteiger partial charge is 0.254 e. The molecule has 1 saturated heterocycles. The Labute approximate surface area is 143 Å². The van der Waals surface area contributed by atoms with Gasteiger partial charge in [-0.2, -0.15) is 0 Å². The number of ether oxygens (including phenoxy) is 2. The van der Waals surface area contributed by atoms with Gasteiger partial charge in [-0.1, -0.05) is 25.7 Å². The molecule has 1 aromatic rings. The Morgan fingerprint density at radius 2 is 1.62 bits per heavy atom. The molecular weight excluding hydrogens is 304 g/mol. The van der Waals surface area contributed by atoms with Crippen molar-refractivity contribution in [1.82, 2.24) is 9.80 Å². The van der Waals surface area contributed by atoms with Gasteiger partial charge in [-0.05, 0) is 31.0 Å². The molecule has 24 heavy (non-hydrogen) atoms. The lowest BCUT2D eigenvalue weighted by Gasteiger charge is -2.39. The molecule has 1 aliphatic carbocycles. The van der Waals surface area contributed by atoms with Crippen LogP contribution in [0.25, 0.3) is 0 Å². The molecule has 0 unspecified atom stereocenters. The minimum absolute atomic E-state index is 0.105. The monoisotopic (exact) mass is 330 g/mol. The lowest BCUT2D eigenvalue weighted by molar-refractivity contribution is 0.0551. The maximum absolute atomic E-state index is 12.7. The topological polar surface area (TPSA) is 42.0 Å². The van der Waals surface area contributed by atoms with E-state index in [4.69, 9.17) is 9.47 Å². The van der Waals surface area contributed by atoms with E-state index in [-0.39, 0.29) is 12.7 Å². The van der Waals surface area contributed by atoms with Gasteiger partial charge in [0.15, 0.2) is 11.5 Å². The number of piperazine rings is 1. The zero-order valence-electron chi connectivity index (χ0n) is 14.2. The average molecular weight is 330 g/mol. The second-order valence-corrected chi connectivity index (χ2v) is 7.04. The summed E-state index contributed by atoms with van der Waals surface area (Å²) in [6, 6.07) is 6.21. The number of carbonyl (C=O) groups excluding carboxylic acids is 1. The standard InChI is InChI=1S/C19H26N2O3/c22-19(15-7-8-17-18(13-15)24-14-23-17)21-11-9-20(10-12-21)16-5-3-1-2-4-6-16/h7-8,13,16H,1-6,9-12,14H2. The molecule has 2 heterocycles. The second kappa shape index (κ2) is 7.01. The molecule has 1 aromatic carbocycles. The largest absolute Gasteiger partial charge is 0.454 e. The number of fused-ring (bicyclic) bond motifs is 1. The number of carbonyl (C=O) groups is 1. The minimum Gasteiger partial charge on any atom is -0.454 e. The van der Waals surface area contributed by atoms with Crippen LogP contribution in [-0.4, -0.2) is 54.7 Å². The Kier molecular flexibility index (Phi) is 4.60. The third-order valence-corrected chi connectivity index (χ3v) is 5.56. The normalized spacial score (nSPS) is 22.4. The molecule has 0 aromatic heterocycles. The lowest BCUT2D eigenvalue weighted by atomic mass is 10.1. The molecule has 1 saturated carbocycles. The zero-order valence-corrected chi connectivity index (χ0v) is 14.2. The van der Waals surface area contributed by atoms with Crippen molar-refractivity contribution in [3.8, 4) is 11.5 Å². The molecular formula is C19H26N2O3. The minimum atomic E-state index is 0.105. The maximum atomic E-state index is 12.7.